The fourth-order valence-corrected chi connectivity index (χ4v) is 3.00. The first-order valence-electron chi connectivity index (χ1n) is 8.09. The molecule has 3 rings (SSSR count). The third kappa shape index (κ3) is 3.85. The van der Waals surface area contributed by atoms with Crippen molar-refractivity contribution in [2.75, 3.05) is 16.8 Å². The lowest BCUT2D eigenvalue weighted by molar-refractivity contribution is -0.125. The van der Waals surface area contributed by atoms with Crippen LogP contribution in [-0.2, 0) is 9.59 Å². The van der Waals surface area contributed by atoms with E-state index in [2.05, 4.69) is 21.2 Å². The number of ether oxygens (including phenoxy) is 1. The van der Waals surface area contributed by atoms with Crippen molar-refractivity contribution >= 4 is 39.1 Å². The van der Waals surface area contributed by atoms with Crippen LogP contribution in [0.4, 0.5) is 11.4 Å². The van der Waals surface area contributed by atoms with Crippen LogP contribution >= 0.6 is 15.9 Å². The Morgan fingerprint density at radius 3 is 2.80 bits per heavy atom. The number of nitrogens with zero attached hydrogens (tertiary/aromatic N) is 1. The molecule has 0 aromatic heterocycles. The van der Waals surface area contributed by atoms with E-state index in [9.17, 15) is 9.59 Å². The van der Waals surface area contributed by atoms with Crippen LogP contribution in [0.3, 0.4) is 0 Å². The molecule has 1 aliphatic heterocycles. The Labute approximate surface area is 155 Å². The number of carbonyl (C=O) groups is 2. The van der Waals surface area contributed by atoms with Crippen molar-refractivity contribution in [1.82, 2.24) is 0 Å². The lowest BCUT2D eigenvalue weighted by Gasteiger charge is -2.32. The van der Waals surface area contributed by atoms with Crippen molar-refractivity contribution in [2.45, 2.75) is 26.4 Å². The Morgan fingerprint density at radius 1 is 1.28 bits per heavy atom. The molecule has 130 valence electrons. The van der Waals surface area contributed by atoms with E-state index in [1.807, 2.05) is 49.4 Å². The molecule has 5 nitrogen and oxygen atoms in total. The second-order valence-electron chi connectivity index (χ2n) is 5.98. The van der Waals surface area contributed by atoms with E-state index in [1.54, 1.807) is 11.8 Å². The van der Waals surface area contributed by atoms with E-state index in [0.29, 0.717) is 18.0 Å². The highest BCUT2D eigenvalue weighted by molar-refractivity contribution is 9.10. The first kappa shape index (κ1) is 17.5. The molecule has 2 aromatic rings. The minimum atomic E-state index is -0.549. The van der Waals surface area contributed by atoms with Crippen molar-refractivity contribution in [2.24, 2.45) is 0 Å². The van der Waals surface area contributed by atoms with Crippen LogP contribution in [0.5, 0.6) is 5.75 Å². The highest BCUT2D eigenvalue weighted by Crippen LogP contribution is 2.33. The summed E-state index contributed by atoms with van der Waals surface area (Å²) in [5, 5.41) is 2.87. The monoisotopic (exact) mass is 402 g/mol. The molecule has 6 heteroatoms. The number of nitrogens with one attached hydrogen (secondary N) is 1. The second-order valence-corrected chi connectivity index (χ2v) is 6.83. The quantitative estimate of drug-likeness (QED) is 0.843. The molecule has 0 spiro atoms. The molecule has 0 unspecified atom stereocenters. The van der Waals surface area contributed by atoms with Gasteiger partial charge in [-0.3, -0.25) is 9.59 Å². The normalized spacial score (nSPS) is 16.2. The highest BCUT2D eigenvalue weighted by Gasteiger charge is 2.31. The van der Waals surface area contributed by atoms with E-state index in [-0.39, 0.29) is 18.2 Å². The molecule has 0 radical (unpaired) electrons. The Morgan fingerprint density at radius 2 is 2.04 bits per heavy atom. The summed E-state index contributed by atoms with van der Waals surface area (Å²) in [5.41, 5.74) is 2.49. The fraction of sp³-hybridized carbons (Fsp3) is 0.263. The van der Waals surface area contributed by atoms with Gasteiger partial charge in [0.2, 0.25) is 5.91 Å². The average molecular weight is 403 g/mol. The zero-order valence-electron chi connectivity index (χ0n) is 14.1. The zero-order valence-corrected chi connectivity index (χ0v) is 15.7. The van der Waals surface area contributed by atoms with Gasteiger partial charge in [0.15, 0.2) is 6.10 Å². The molecule has 1 aliphatic rings. The van der Waals surface area contributed by atoms with Crippen molar-refractivity contribution in [1.29, 1.82) is 0 Å². The highest BCUT2D eigenvalue weighted by atomic mass is 79.9. The number of carbonyl (C=O) groups excluding carboxylic acids is 2. The van der Waals surface area contributed by atoms with Crippen molar-refractivity contribution in [3.8, 4) is 5.75 Å². The van der Waals surface area contributed by atoms with Gasteiger partial charge in [-0.25, -0.2) is 0 Å². The number of aryl methyl sites for hydroxylation is 1. The maximum absolute atomic E-state index is 12.4. The van der Waals surface area contributed by atoms with E-state index in [4.69, 9.17) is 4.74 Å². The summed E-state index contributed by atoms with van der Waals surface area (Å²) < 4.78 is 6.60. The first-order valence-corrected chi connectivity index (χ1v) is 8.88. The maximum Gasteiger partial charge on any atom is 0.267 e. The van der Waals surface area contributed by atoms with Gasteiger partial charge >= 0.3 is 0 Å². The molecule has 1 heterocycles. The molecule has 0 aliphatic carbocycles. The summed E-state index contributed by atoms with van der Waals surface area (Å²) in [5.74, 6) is 0.399. The van der Waals surface area contributed by atoms with Gasteiger partial charge in [-0.1, -0.05) is 28.1 Å². The molecule has 1 N–H and O–H groups in total. The summed E-state index contributed by atoms with van der Waals surface area (Å²) in [7, 11) is 0. The lowest BCUT2D eigenvalue weighted by Crippen LogP contribution is -2.45. The van der Waals surface area contributed by atoms with Gasteiger partial charge in [0.1, 0.15) is 5.75 Å². The van der Waals surface area contributed by atoms with Gasteiger partial charge < -0.3 is 15.0 Å². The predicted octanol–water partition coefficient (Wildman–Crippen LogP) is 3.90. The number of amides is 2. The molecule has 0 fully saturated rings. The van der Waals surface area contributed by atoms with Crippen LogP contribution < -0.4 is 15.0 Å². The molecule has 25 heavy (non-hydrogen) atoms. The molecule has 2 amide bonds. The summed E-state index contributed by atoms with van der Waals surface area (Å²) in [6.45, 7) is 3.99. The number of hydrogen-bond donors (Lipinski definition) is 1. The number of halogens is 1. The van der Waals surface area contributed by atoms with Crippen molar-refractivity contribution in [3.05, 3.63) is 52.5 Å². The Hall–Kier alpha value is -2.34. The lowest BCUT2D eigenvalue weighted by atomic mass is 10.1. The maximum atomic E-state index is 12.4. The third-order valence-corrected chi connectivity index (χ3v) is 4.97. The summed E-state index contributed by atoms with van der Waals surface area (Å²) >= 11 is 3.44. The third-order valence-electron chi connectivity index (χ3n) is 4.08. The summed E-state index contributed by atoms with van der Waals surface area (Å²) in [4.78, 5) is 26.3. The van der Waals surface area contributed by atoms with Crippen LogP contribution in [-0.4, -0.2) is 24.5 Å². The average Bonchev–Trinajstić information content (AvgIpc) is 2.58. The Kier molecular flexibility index (Phi) is 5.08. The fourth-order valence-electron chi connectivity index (χ4n) is 2.75. The van der Waals surface area contributed by atoms with Crippen molar-refractivity contribution in [3.63, 3.8) is 0 Å². The van der Waals surface area contributed by atoms with E-state index >= 15 is 0 Å². The number of rotatable bonds is 4. The Balaban J connectivity index is 1.67. The number of fused-ring (bicyclic) bond motifs is 1. The van der Waals surface area contributed by atoms with Gasteiger partial charge in [-0.2, -0.15) is 0 Å². The summed E-state index contributed by atoms with van der Waals surface area (Å²) in [6, 6.07) is 13.0. The topological polar surface area (TPSA) is 58.6 Å². The number of benzene rings is 2. The molecule has 0 saturated heterocycles. The molecule has 1 atom stereocenters. The zero-order chi connectivity index (χ0) is 18.0. The molecular weight excluding hydrogens is 384 g/mol. The molecule has 0 saturated carbocycles. The van der Waals surface area contributed by atoms with Crippen LogP contribution in [0, 0.1) is 6.92 Å². The number of anilines is 2. The minimum absolute atomic E-state index is 0.133. The standard InChI is InChI=1S/C19H19BrN2O3/c1-12-11-14(7-8-15(12)20)21-18(23)9-10-22-16-5-3-4-6-17(16)25-13(2)19(22)24/h3-8,11,13H,9-10H2,1-2H3,(H,21,23)/t13-/m0/s1. The predicted molar refractivity (Wildman–Crippen MR) is 101 cm³/mol. The number of para-hydroxylation sites is 2. The number of hydrogen-bond acceptors (Lipinski definition) is 3. The van der Waals surface area contributed by atoms with Gasteiger partial charge in [0.05, 0.1) is 5.69 Å². The van der Waals surface area contributed by atoms with Crippen LogP contribution in [0.25, 0.3) is 0 Å². The first-order chi connectivity index (χ1) is 12.0. The van der Waals surface area contributed by atoms with Gasteiger partial charge in [0, 0.05) is 23.1 Å². The molecule has 2 aromatic carbocycles. The molecule has 0 bridgehead atoms. The van der Waals surface area contributed by atoms with Crippen LogP contribution in [0.15, 0.2) is 46.9 Å². The van der Waals surface area contributed by atoms with Gasteiger partial charge in [0.25, 0.3) is 5.91 Å². The minimum Gasteiger partial charge on any atom is -0.479 e. The van der Waals surface area contributed by atoms with Crippen LogP contribution in [0.2, 0.25) is 0 Å². The van der Waals surface area contributed by atoms with Gasteiger partial charge in [-0.05, 0) is 49.7 Å². The summed E-state index contributed by atoms with van der Waals surface area (Å²) in [6.07, 6.45) is -0.339. The smallest absolute Gasteiger partial charge is 0.267 e. The van der Waals surface area contributed by atoms with Crippen LogP contribution in [0.1, 0.15) is 18.9 Å². The van der Waals surface area contributed by atoms with E-state index in [1.165, 1.54) is 0 Å². The molecular formula is C19H19BrN2O3. The second kappa shape index (κ2) is 7.27. The Bertz CT molecular complexity index is 822. The van der Waals surface area contributed by atoms with E-state index < -0.39 is 6.10 Å². The largest absolute Gasteiger partial charge is 0.479 e. The van der Waals surface area contributed by atoms with Gasteiger partial charge in [-0.15, -0.1) is 0 Å². The SMILES string of the molecule is Cc1cc(NC(=O)CCN2C(=O)[C@H](C)Oc3ccccc32)ccc1Br. The van der Waals surface area contributed by atoms with E-state index in [0.717, 1.165) is 15.7 Å². The van der Waals surface area contributed by atoms with Crippen molar-refractivity contribution < 1.29 is 14.3 Å².